The van der Waals surface area contributed by atoms with E-state index in [4.69, 9.17) is 0 Å². The van der Waals surface area contributed by atoms with Gasteiger partial charge in [0.05, 0.1) is 12.0 Å². The summed E-state index contributed by atoms with van der Waals surface area (Å²) in [5, 5.41) is 2.65. The van der Waals surface area contributed by atoms with Crippen molar-refractivity contribution in [3.63, 3.8) is 0 Å². The van der Waals surface area contributed by atoms with E-state index in [-0.39, 0.29) is 23.8 Å². The number of imidazole rings is 1. The molecule has 4 rings (SSSR count). The first kappa shape index (κ1) is 21.3. The Balaban J connectivity index is 1.69. The third kappa shape index (κ3) is 4.02. The number of sulfonamides is 1. The number of nitrogens with one attached hydrogen (secondary N) is 1. The van der Waals surface area contributed by atoms with Crippen LogP contribution in [-0.2, 0) is 17.1 Å². The van der Waals surface area contributed by atoms with Crippen LogP contribution in [0.1, 0.15) is 11.5 Å². The van der Waals surface area contributed by atoms with E-state index in [2.05, 4.69) is 10.3 Å². The Bertz CT molecular complexity index is 1210. The standard InChI is InChI=1S/C20H18F4N4O2S/c1-27-10-18(25-11-27)31(29,30)28-8-14(12-2-4-13(21)5-3-12)17(9-28)26-16-7-6-15(22)19(23)20(16)24/h2-7,10-11,14,17,26H,8-9H2,1H3/t14-,17+/m1/s1. The minimum absolute atomic E-state index is 0.00744. The van der Waals surface area contributed by atoms with E-state index in [0.717, 1.165) is 12.1 Å². The molecule has 1 aromatic heterocycles. The Morgan fingerprint density at radius 2 is 1.71 bits per heavy atom. The average molecular weight is 454 g/mol. The van der Waals surface area contributed by atoms with Crippen LogP contribution in [0.5, 0.6) is 0 Å². The van der Waals surface area contributed by atoms with E-state index >= 15 is 0 Å². The molecule has 11 heteroatoms. The molecule has 1 N–H and O–H groups in total. The van der Waals surface area contributed by atoms with Crippen molar-refractivity contribution in [2.24, 2.45) is 7.05 Å². The third-order valence-corrected chi connectivity index (χ3v) is 6.96. The van der Waals surface area contributed by atoms with Crippen molar-refractivity contribution in [3.8, 4) is 0 Å². The van der Waals surface area contributed by atoms with Gasteiger partial charge in [-0.25, -0.2) is 31.0 Å². The summed E-state index contributed by atoms with van der Waals surface area (Å²) in [7, 11) is -2.33. The number of halogens is 4. The van der Waals surface area contributed by atoms with Gasteiger partial charge in [-0.1, -0.05) is 12.1 Å². The topological polar surface area (TPSA) is 67.2 Å². The van der Waals surface area contributed by atoms with E-state index in [9.17, 15) is 26.0 Å². The second kappa shape index (κ2) is 7.97. The zero-order valence-electron chi connectivity index (χ0n) is 16.3. The fraction of sp³-hybridized carbons (Fsp3) is 0.250. The smallest absolute Gasteiger partial charge is 0.262 e. The number of benzene rings is 2. The van der Waals surface area contributed by atoms with Gasteiger partial charge in [0.2, 0.25) is 0 Å². The maximum Gasteiger partial charge on any atom is 0.262 e. The zero-order chi connectivity index (χ0) is 22.3. The van der Waals surface area contributed by atoms with Crippen LogP contribution in [-0.4, -0.2) is 41.4 Å². The van der Waals surface area contributed by atoms with E-state index < -0.39 is 45.3 Å². The lowest BCUT2D eigenvalue weighted by Crippen LogP contribution is -2.32. The summed E-state index contributed by atoms with van der Waals surface area (Å²) in [6, 6.07) is 6.63. The van der Waals surface area contributed by atoms with E-state index in [0.29, 0.717) is 5.56 Å². The van der Waals surface area contributed by atoms with Gasteiger partial charge in [0.15, 0.2) is 22.5 Å². The highest BCUT2D eigenvalue weighted by Gasteiger charge is 2.41. The predicted octanol–water partition coefficient (Wildman–Crippen LogP) is 3.25. The van der Waals surface area contributed by atoms with Crippen LogP contribution in [0.3, 0.4) is 0 Å². The van der Waals surface area contributed by atoms with Gasteiger partial charge in [0.1, 0.15) is 5.82 Å². The quantitative estimate of drug-likeness (QED) is 0.475. The first-order valence-electron chi connectivity index (χ1n) is 9.30. The van der Waals surface area contributed by atoms with E-state index in [1.54, 1.807) is 7.05 Å². The molecular weight excluding hydrogens is 436 g/mol. The number of rotatable bonds is 5. The first-order valence-corrected chi connectivity index (χ1v) is 10.7. The van der Waals surface area contributed by atoms with Gasteiger partial charge >= 0.3 is 0 Å². The summed E-state index contributed by atoms with van der Waals surface area (Å²) in [5.41, 5.74) is 0.314. The molecule has 3 aromatic rings. The number of aryl methyl sites for hydroxylation is 1. The lowest BCUT2D eigenvalue weighted by atomic mass is 9.94. The lowest BCUT2D eigenvalue weighted by Gasteiger charge is -2.21. The van der Waals surface area contributed by atoms with Crippen LogP contribution in [0.25, 0.3) is 0 Å². The van der Waals surface area contributed by atoms with Gasteiger partial charge in [0, 0.05) is 38.3 Å². The van der Waals surface area contributed by atoms with Crippen molar-refractivity contribution in [2.75, 3.05) is 18.4 Å². The lowest BCUT2D eigenvalue weighted by molar-refractivity contribution is 0.447. The summed E-state index contributed by atoms with van der Waals surface area (Å²) in [6.45, 7) is -0.0765. The van der Waals surface area contributed by atoms with Crippen molar-refractivity contribution in [3.05, 3.63) is 77.8 Å². The Morgan fingerprint density at radius 1 is 1.00 bits per heavy atom. The highest BCUT2D eigenvalue weighted by molar-refractivity contribution is 7.89. The van der Waals surface area contributed by atoms with Gasteiger partial charge in [-0.05, 0) is 29.8 Å². The molecule has 1 saturated heterocycles. The van der Waals surface area contributed by atoms with Crippen LogP contribution in [0, 0.1) is 23.3 Å². The van der Waals surface area contributed by atoms with E-state index in [1.807, 2.05) is 0 Å². The van der Waals surface area contributed by atoms with Crippen molar-refractivity contribution in [2.45, 2.75) is 17.0 Å². The largest absolute Gasteiger partial charge is 0.378 e. The maximum absolute atomic E-state index is 14.2. The predicted molar refractivity (Wildman–Crippen MR) is 105 cm³/mol. The molecule has 2 aromatic carbocycles. The fourth-order valence-corrected chi connectivity index (χ4v) is 5.11. The second-order valence-corrected chi connectivity index (χ2v) is 9.22. The fourth-order valence-electron chi connectivity index (χ4n) is 3.65. The molecule has 0 unspecified atom stereocenters. The Hall–Kier alpha value is -2.92. The Morgan fingerprint density at radius 3 is 2.35 bits per heavy atom. The van der Waals surface area contributed by atoms with Crippen LogP contribution in [0.2, 0.25) is 0 Å². The molecule has 164 valence electrons. The molecule has 0 aliphatic carbocycles. The third-order valence-electron chi connectivity index (χ3n) is 5.25. The molecule has 1 aliphatic heterocycles. The molecule has 1 aliphatic rings. The highest BCUT2D eigenvalue weighted by atomic mass is 32.2. The number of hydrogen-bond donors (Lipinski definition) is 1. The van der Waals surface area contributed by atoms with Gasteiger partial charge in [0.25, 0.3) is 10.0 Å². The van der Waals surface area contributed by atoms with Crippen LogP contribution < -0.4 is 5.32 Å². The van der Waals surface area contributed by atoms with Crippen molar-refractivity contribution in [1.82, 2.24) is 13.9 Å². The molecule has 2 atom stereocenters. The van der Waals surface area contributed by atoms with Gasteiger partial charge in [-0.15, -0.1) is 0 Å². The normalized spacial score (nSPS) is 19.6. The van der Waals surface area contributed by atoms with Gasteiger partial charge < -0.3 is 9.88 Å². The Kier molecular flexibility index (Phi) is 5.48. The minimum atomic E-state index is -3.96. The van der Waals surface area contributed by atoms with Crippen LogP contribution in [0.4, 0.5) is 23.2 Å². The number of hydrogen-bond acceptors (Lipinski definition) is 4. The molecule has 6 nitrogen and oxygen atoms in total. The molecule has 0 amide bonds. The van der Waals surface area contributed by atoms with Crippen molar-refractivity contribution in [1.29, 1.82) is 0 Å². The highest BCUT2D eigenvalue weighted by Crippen LogP contribution is 2.34. The molecule has 1 fully saturated rings. The molecule has 2 heterocycles. The summed E-state index contributed by atoms with van der Waals surface area (Å²) < 4.78 is 83.3. The Labute approximate surface area is 176 Å². The summed E-state index contributed by atoms with van der Waals surface area (Å²) in [6.07, 6.45) is 2.71. The SMILES string of the molecule is Cn1cnc(S(=O)(=O)N2C[C@H](Nc3ccc(F)c(F)c3F)[C@@H](c3ccc(F)cc3)C2)c1. The minimum Gasteiger partial charge on any atom is -0.378 e. The second-order valence-electron chi connectivity index (χ2n) is 7.33. The molecule has 0 spiro atoms. The zero-order valence-corrected chi connectivity index (χ0v) is 17.1. The molecule has 0 bridgehead atoms. The summed E-state index contributed by atoms with van der Waals surface area (Å²) >= 11 is 0. The van der Waals surface area contributed by atoms with Crippen molar-refractivity contribution >= 4 is 15.7 Å². The van der Waals surface area contributed by atoms with Crippen molar-refractivity contribution < 1.29 is 26.0 Å². The number of nitrogens with zero attached hydrogens (tertiary/aromatic N) is 3. The molecule has 0 radical (unpaired) electrons. The summed E-state index contributed by atoms with van der Waals surface area (Å²) in [5.74, 6) is -5.32. The number of anilines is 1. The number of aromatic nitrogens is 2. The molecule has 31 heavy (non-hydrogen) atoms. The average Bonchev–Trinajstić information content (AvgIpc) is 3.36. The first-order chi connectivity index (χ1) is 14.7. The molecule has 0 saturated carbocycles. The monoisotopic (exact) mass is 454 g/mol. The van der Waals surface area contributed by atoms with Gasteiger partial charge in [-0.2, -0.15) is 4.31 Å². The maximum atomic E-state index is 14.2. The molecular formula is C20H18F4N4O2S. The van der Waals surface area contributed by atoms with Crippen LogP contribution >= 0.6 is 0 Å². The van der Waals surface area contributed by atoms with E-state index in [1.165, 1.54) is 45.7 Å². The summed E-state index contributed by atoms with van der Waals surface area (Å²) in [4.78, 5) is 3.90. The van der Waals surface area contributed by atoms with Gasteiger partial charge in [-0.3, -0.25) is 0 Å². The van der Waals surface area contributed by atoms with Crippen LogP contribution in [0.15, 0.2) is 53.9 Å².